The third-order valence-electron chi connectivity index (χ3n) is 4.80. The van der Waals surface area contributed by atoms with Gasteiger partial charge in [-0.05, 0) is 30.5 Å². The molecule has 4 rings (SSSR count). The maximum absolute atomic E-state index is 10.6. The molecule has 0 amide bonds. The first-order valence-corrected chi connectivity index (χ1v) is 8.65. The van der Waals surface area contributed by atoms with Crippen LogP contribution in [0.1, 0.15) is 31.2 Å². The smallest absolute Gasteiger partial charge is 0.200 e. The zero-order valence-electron chi connectivity index (χ0n) is 14.4. The molecule has 0 bridgehead atoms. The quantitative estimate of drug-likeness (QED) is 0.780. The van der Waals surface area contributed by atoms with E-state index in [2.05, 4.69) is 45.1 Å². The number of fused-ring (bicyclic) bond motifs is 1. The van der Waals surface area contributed by atoms with Gasteiger partial charge in [0.1, 0.15) is 6.33 Å². The van der Waals surface area contributed by atoms with Gasteiger partial charge in [-0.3, -0.25) is 4.98 Å². The molecule has 7 heteroatoms. The second-order valence-electron chi connectivity index (χ2n) is 6.97. The number of nitrogens with zero attached hydrogens (tertiary/aromatic N) is 6. The van der Waals surface area contributed by atoms with Crippen LogP contribution < -0.4 is 4.90 Å². The fourth-order valence-corrected chi connectivity index (χ4v) is 3.38. The Hall–Kier alpha value is -2.54. The fraction of sp³-hybridized carbons (Fsp3) is 0.444. The molecule has 1 aliphatic rings. The number of hydrogen-bond donors (Lipinski definition) is 1. The van der Waals surface area contributed by atoms with Crippen LogP contribution in [-0.2, 0) is 6.42 Å². The Balaban J connectivity index is 1.62. The normalized spacial score (nSPS) is 20.7. The molecule has 130 valence electrons. The van der Waals surface area contributed by atoms with Crippen molar-refractivity contribution in [2.75, 3.05) is 18.0 Å². The molecule has 0 aliphatic carbocycles. The van der Waals surface area contributed by atoms with Gasteiger partial charge in [-0.25, -0.2) is 0 Å². The third-order valence-corrected chi connectivity index (χ3v) is 4.80. The second-order valence-corrected chi connectivity index (χ2v) is 6.97. The number of rotatable bonds is 4. The molecular weight excluding hydrogens is 316 g/mol. The average molecular weight is 338 g/mol. The van der Waals surface area contributed by atoms with Crippen LogP contribution in [0.25, 0.3) is 5.65 Å². The van der Waals surface area contributed by atoms with Gasteiger partial charge in [0.15, 0.2) is 0 Å². The maximum Gasteiger partial charge on any atom is 0.200 e. The van der Waals surface area contributed by atoms with Gasteiger partial charge >= 0.3 is 0 Å². The van der Waals surface area contributed by atoms with Crippen molar-refractivity contribution >= 4 is 11.3 Å². The Bertz CT molecular complexity index is 862. The largest absolute Gasteiger partial charge is 0.391 e. The van der Waals surface area contributed by atoms with Crippen molar-refractivity contribution in [2.24, 2.45) is 5.92 Å². The van der Waals surface area contributed by atoms with Crippen LogP contribution in [0.15, 0.2) is 36.8 Å². The molecule has 0 radical (unpaired) electrons. The molecule has 1 saturated heterocycles. The van der Waals surface area contributed by atoms with E-state index in [4.69, 9.17) is 0 Å². The van der Waals surface area contributed by atoms with E-state index in [1.165, 1.54) is 0 Å². The Labute approximate surface area is 146 Å². The van der Waals surface area contributed by atoms with E-state index in [1.807, 2.05) is 18.2 Å². The molecule has 0 aromatic carbocycles. The molecule has 2 atom stereocenters. The molecule has 0 spiro atoms. The Morgan fingerprint density at radius 1 is 1.28 bits per heavy atom. The van der Waals surface area contributed by atoms with Gasteiger partial charge < -0.3 is 10.0 Å². The monoisotopic (exact) mass is 338 g/mol. The molecule has 1 aliphatic heterocycles. The summed E-state index contributed by atoms with van der Waals surface area (Å²) in [5.41, 5.74) is 3.72. The molecule has 7 nitrogen and oxygen atoms in total. The summed E-state index contributed by atoms with van der Waals surface area (Å²) < 4.78 is 1.73. The highest BCUT2D eigenvalue weighted by Crippen LogP contribution is 2.30. The highest BCUT2D eigenvalue weighted by Gasteiger charge is 2.33. The van der Waals surface area contributed by atoms with Crippen LogP contribution >= 0.6 is 0 Å². The Morgan fingerprint density at radius 2 is 2.16 bits per heavy atom. The van der Waals surface area contributed by atoms with E-state index in [0.717, 1.165) is 35.7 Å². The molecule has 0 unspecified atom stereocenters. The number of pyridine rings is 1. The van der Waals surface area contributed by atoms with E-state index in [-0.39, 0.29) is 12.0 Å². The van der Waals surface area contributed by atoms with Gasteiger partial charge in [-0.1, -0.05) is 19.9 Å². The van der Waals surface area contributed by atoms with E-state index in [1.54, 1.807) is 17.0 Å². The first kappa shape index (κ1) is 16.0. The molecule has 1 fully saturated rings. The van der Waals surface area contributed by atoms with Gasteiger partial charge in [0.2, 0.25) is 5.65 Å². The van der Waals surface area contributed by atoms with Crippen LogP contribution in [0.5, 0.6) is 0 Å². The molecule has 4 heterocycles. The van der Waals surface area contributed by atoms with Crippen molar-refractivity contribution in [2.45, 2.75) is 32.3 Å². The predicted molar refractivity (Wildman–Crippen MR) is 94.5 cm³/mol. The van der Waals surface area contributed by atoms with Crippen molar-refractivity contribution in [1.29, 1.82) is 0 Å². The summed E-state index contributed by atoms with van der Waals surface area (Å²) in [6.07, 6.45) is 3.80. The highest BCUT2D eigenvalue weighted by molar-refractivity contribution is 5.69. The lowest BCUT2D eigenvalue weighted by Gasteiger charge is -2.20. The van der Waals surface area contributed by atoms with Crippen LogP contribution in [0.3, 0.4) is 0 Å². The molecule has 0 saturated carbocycles. The zero-order chi connectivity index (χ0) is 17.4. The minimum absolute atomic E-state index is 0.147. The molecule has 3 aromatic heterocycles. The summed E-state index contributed by atoms with van der Waals surface area (Å²) in [4.78, 5) is 6.58. The van der Waals surface area contributed by atoms with Crippen molar-refractivity contribution in [3.8, 4) is 0 Å². The summed E-state index contributed by atoms with van der Waals surface area (Å²) in [6, 6.07) is 7.98. The van der Waals surface area contributed by atoms with Gasteiger partial charge in [-0.2, -0.15) is 9.61 Å². The zero-order valence-corrected chi connectivity index (χ0v) is 14.4. The van der Waals surface area contributed by atoms with E-state index in [9.17, 15) is 5.11 Å². The fourth-order valence-electron chi connectivity index (χ4n) is 3.38. The number of β-amino-alcohol motifs (C(OH)–C–C–N with tert-alkyl or cyclic N) is 1. The predicted octanol–water partition coefficient (Wildman–Crippen LogP) is 1.68. The van der Waals surface area contributed by atoms with Crippen LogP contribution in [-0.4, -0.2) is 49.1 Å². The van der Waals surface area contributed by atoms with Crippen molar-refractivity contribution in [1.82, 2.24) is 24.8 Å². The standard InChI is InChI=1S/C18H22N6O/c1-12(2)15-8-16(18-21-20-11-24(18)22-15)23-9-13(17(25)10-23)7-14-5-3-4-6-19-14/h3-6,8,11-13,17,25H,7,9-10H2,1-2H3/t13-,17-/m1/s1. The summed E-state index contributed by atoms with van der Waals surface area (Å²) in [7, 11) is 0. The minimum Gasteiger partial charge on any atom is -0.391 e. The number of aliphatic hydroxyl groups is 1. The van der Waals surface area contributed by atoms with Gasteiger partial charge in [0.25, 0.3) is 0 Å². The first-order chi connectivity index (χ1) is 12.1. The summed E-state index contributed by atoms with van der Waals surface area (Å²) >= 11 is 0. The molecule has 25 heavy (non-hydrogen) atoms. The third kappa shape index (κ3) is 3.07. The Morgan fingerprint density at radius 3 is 2.92 bits per heavy atom. The maximum atomic E-state index is 10.6. The van der Waals surface area contributed by atoms with Crippen molar-refractivity contribution < 1.29 is 5.11 Å². The molecular formula is C18H22N6O. The van der Waals surface area contributed by atoms with Crippen molar-refractivity contribution in [3.63, 3.8) is 0 Å². The lowest BCUT2D eigenvalue weighted by atomic mass is 10.00. The van der Waals surface area contributed by atoms with Crippen molar-refractivity contribution in [3.05, 3.63) is 48.2 Å². The lowest BCUT2D eigenvalue weighted by molar-refractivity contribution is 0.148. The number of hydrogen-bond acceptors (Lipinski definition) is 6. The van der Waals surface area contributed by atoms with Gasteiger partial charge in [-0.15, -0.1) is 10.2 Å². The number of aliphatic hydroxyl groups excluding tert-OH is 1. The topological polar surface area (TPSA) is 79.4 Å². The van der Waals surface area contributed by atoms with E-state index < -0.39 is 0 Å². The molecule has 1 N–H and O–H groups in total. The highest BCUT2D eigenvalue weighted by atomic mass is 16.3. The lowest BCUT2D eigenvalue weighted by Crippen LogP contribution is -2.22. The Kier molecular flexibility index (Phi) is 4.09. The number of aromatic nitrogens is 5. The van der Waals surface area contributed by atoms with Crippen LogP contribution in [0.4, 0.5) is 5.69 Å². The number of anilines is 1. The second kappa shape index (κ2) is 6.40. The summed E-state index contributed by atoms with van der Waals surface area (Å²) in [5, 5.41) is 23.3. The summed E-state index contributed by atoms with van der Waals surface area (Å²) in [5.74, 6) is 0.455. The average Bonchev–Trinajstić information content (AvgIpc) is 3.22. The summed E-state index contributed by atoms with van der Waals surface area (Å²) in [6.45, 7) is 5.58. The SMILES string of the molecule is CC(C)c1cc(N2C[C@@H](Cc3ccccn3)[C@H](O)C2)c2nncn2n1. The van der Waals surface area contributed by atoms with Gasteiger partial charge in [0, 0.05) is 30.9 Å². The minimum atomic E-state index is -0.388. The van der Waals surface area contributed by atoms with E-state index >= 15 is 0 Å². The van der Waals surface area contributed by atoms with Crippen LogP contribution in [0, 0.1) is 5.92 Å². The van der Waals surface area contributed by atoms with Crippen LogP contribution in [0.2, 0.25) is 0 Å². The first-order valence-electron chi connectivity index (χ1n) is 8.65. The van der Waals surface area contributed by atoms with E-state index in [0.29, 0.717) is 12.5 Å². The van der Waals surface area contributed by atoms with Gasteiger partial charge in [0.05, 0.1) is 17.5 Å². The molecule has 3 aromatic rings.